The lowest BCUT2D eigenvalue weighted by atomic mass is 10.2. The number of hydrogen-bond acceptors (Lipinski definition) is 4. The van der Waals surface area contributed by atoms with E-state index >= 15 is 0 Å². The zero-order chi connectivity index (χ0) is 14.7. The van der Waals surface area contributed by atoms with E-state index in [0.29, 0.717) is 18.9 Å². The smallest absolute Gasteiger partial charge is 0.272 e. The summed E-state index contributed by atoms with van der Waals surface area (Å²) in [7, 11) is 0. The Morgan fingerprint density at radius 3 is 2.67 bits per heavy atom. The Morgan fingerprint density at radius 1 is 1.14 bits per heavy atom. The summed E-state index contributed by atoms with van der Waals surface area (Å²) in [5.74, 6) is -0.377. The lowest BCUT2D eigenvalue weighted by Gasteiger charge is -2.11. The summed E-state index contributed by atoms with van der Waals surface area (Å²) in [6.45, 7) is 1.12. The van der Waals surface area contributed by atoms with Gasteiger partial charge in [-0.25, -0.2) is 0 Å². The number of ether oxygens (including phenoxy) is 2. The number of rotatable bonds is 3. The van der Waals surface area contributed by atoms with Crippen LogP contribution in [0.1, 0.15) is 22.3 Å². The molecule has 0 saturated carbocycles. The molecule has 0 unspecified atom stereocenters. The Labute approximate surface area is 120 Å². The van der Waals surface area contributed by atoms with Gasteiger partial charge in [0.25, 0.3) is 5.91 Å². The van der Waals surface area contributed by atoms with Crippen LogP contribution in [0, 0.1) is 0 Å². The molecule has 1 aromatic heterocycles. The van der Waals surface area contributed by atoms with E-state index in [1.807, 2.05) is 12.1 Å². The number of aromatic amines is 1. The van der Waals surface area contributed by atoms with Gasteiger partial charge in [0.15, 0.2) is 6.29 Å². The maximum atomic E-state index is 12.1. The molecule has 1 amide bonds. The predicted octanol–water partition coefficient (Wildman–Crippen LogP) is 1.67. The third-order valence-corrected chi connectivity index (χ3v) is 3.05. The topological polar surface area (TPSA) is 80.4 Å². The molecule has 1 fully saturated rings. The van der Waals surface area contributed by atoms with Gasteiger partial charge in [-0.05, 0) is 18.2 Å². The van der Waals surface area contributed by atoms with E-state index in [-0.39, 0.29) is 17.2 Å². The minimum atomic E-state index is -0.390. The lowest BCUT2D eigenvalue weighted by molar-refractivity contribution is -0.0440. The van der Waals surface area contributed by atoms with Crippen LogP contribution in [0.3, 0.4) is 0 Å². The van der Waals surface area contributed by atoms with Crippen LogP contribution >= 0.6 is 0 Å². The third-order valence-electron chi connectivity index (χ3n) is 3.05. The van der Waals surface area contributed by atoms with Crippen molar-refractivity contribution in [2.75, 3.05) is 18.5 Å². The fourth-order valence-corrected chi connectivity index (χ4v) is 2.09. The summed E-state index contributed by atoms with van der Waals surface area (Å²) in [6.07, 6.45) is -0.390. The van der Waals surface area contributed by atoms with Crippen molar-refractivity contribution in [1.82, 2.24) is 4.98 Å². The van der Waals surface area contributed by atoms with Crippen LogP contribution in [0.5, 0.6) is 0 Å². The van der Waals surface area contributed by atoms with Crippen molar-refractivity contribution in [2.24, 2.45) is 0 Å². The number of hydrogen-bond donors (Lipinski definition) is 2. The standard InChI is InChI=1S/C15H14N2O4/c18-13-6-2-5-12(17-13)14(19)16-11-4-1-3-10(9-11)15-20-7-8-21-15/h1-6,9,15H,7-8H2,(H,16,19)(H,17,18). The molecule has 6 nitrogen and oxygen atoms in total. The molecule has 21 heavy (non-hydrogen) atoms. The van der Waals surface area contributed by atoms with Crippen LogP contribution in [0.2, 0.25) is 0 Å². The summed E-state index contributed by atoms with van der Waals surface area (Å²) in [6, 6.07) is 11.7. The zero-order valence-corrected chi connectivity index (χ0v) is 11.2. The minimum Gasteiger partial charge on any atom is -0.346 e. The van der Waals surface area contributed by atoms with Crippen molar-refractivity contribution in [1.29, 1.82) is 0 Å². The van der Waals surface area contributed by atoms with E-state index in [1.54, 1.807) is 18.2 Å². The van der Waals surface area contributed by atoms with E-state index in [9.17, 15) is 9.59 Å². The van der Waals surface area contributed by atoms with Gasteiger partial charge >= 0.3 is 0 Å². The second-order valence-corrected chi connectivity index (χ2v) is 4.58. The number of carbonyl (C=O) groups is 1. The number of carbonyl (C=O) groups excluding carboxylic acids is 1. The summed E-state index contributed by atoms with van der Waals surface area (Å²) in [5, 5.41) is 2.73. The molecule has 0 atom stereocenters. The van der Waals surface area contributed by atoms with Crippen LogP contribution in [0.4, 0.5) is 5.69 Å². The van der Waals surface area contributed by atoms with Crippen LogP contribution in [0.25, 0.3) is 0 Å². The summed E-state index contributed by atoms with van der Waals surface area (Å²) in [4.78, 5) is 25.7. The maximum Gasteiger partial charge on any atom is 0.272 e. The monoisotopic (exact) mass is 286 g/mol. The normalized spacial score (nSPS) is 15.0. The zero-order valence-electron chi connectivity index (χ0n) is 11.2. The Bertz CT molecular complexity index is 705. The van der Waals surface area contributed by atoms with Crippen molar-refractivity contribution >= 4 is 11.6 Å². The first-order valence-electron chi connectivity index (χ1n) is 6.56. The van der Waals surface area contributed by atoms with Crippen LogP contribution in [-0.2, 0) is 9.47 Å². The SMILES string of the molecule is O=C(Nc1cccc(C2OCCO2)c1)c1cccc(=O)[nH]1. The highest BCUT2D eigenvalue weighted by atomic mass is 16.7. The van der Waals surface area contributed by atoms with Gasteiger partial charge in [0.1, 0.15) is 5.69 Å². The van der Waals surface area contributed by atoms with Crippen molar-refractivity contribution in [3.05, 3.63) is 64.1 Å². The molecular weight excluding hydrogens is 272 g/mol. The Hall–Kier alpha value is -2.44. The highest BCUT2D eigenvalue weighted by Crippen LogP contribution is 2.25. The van der Waals surface area contributed by atoms with E-state index < -0.39 is 6.29 Å². The number of anilines is 1. The number of pyridine rings is 1. The maximum absolute atomic E-state index is 12.1. The number of H-pyrrole nitrogens is 1. The molecule has 3 rings (SSSR count). The quantitative estimate of drug-likeness (QED) is 0.899. The van der Waals surface area contributed by atoms with Crippen LogP contribution in [-0.4, -0.2) is 24.1 Å². The van der Waals surface area contributed by atoms with E-state index in [4.69, 9.17) is 9.47 Å². The molecule has 0 aliphatic carbocycles. The van der Waals surface area contributed by atoms with Crippen LogP contribution in [0.15, 0.2) is 47.3 Å². The molecule has 2 heterocycles. The van der Waals surface area contributed by atoms with E-state index in [0.717, 1.165) is 5.56 Å². The molecule has 1 aliphatic heterocycles. The predicted molar refractivity (Wildman–Crippen MR) is 76.1 cm³/mol. The molecule has 0 bridgehead atoms. The number of aromatic nitrogens is 1. The largest absolute Gasteiger partial charge is 0.346 e. The first-order valence-corrected chi connectivity index (χ1v) is 6.56. The average molecular weight is 286 g/mol. The first kappa shape index (κ1) is 13.5. The van der Waals surface area contributed by atoms with E-state index in [1.165, 1.54) is 12.1 Å². The van der Waals surface area contributed by atoms with Gasteiger partial charge in [-0.15, -0.1) is 0 Å². The van der Waals surface area contributed by atoms with Crippen molar-refractivity contribution in [2.45, 2.75) is 6.29 Å². The molecule has 0 radical (unpaired) electrons. The highest BCUT2D eigenvalue weighted by molar-refractivity contribution is 6.02. The lowest BCUT2D eigenvalue weighted by Crippen LogP contribution is -2.18. The molecule has 108 valence electrons. The second kappa shape index (κ2) is 5.90. The first-order chi connectivity index (χ1) is 10.2. The molecule has 2 N–H and O–H groups in total. The van der Waals surface area contributed by atoms with Gasteiger partial charge in [0.05, 0.1) is 13.2 Å². The van der Waals surface area contributed by atoms with E-state index in [2.05, 4.69) is 10.3 Å². The number of amides is 1. The van der Waals surface area contributed by atoms with Crippen molar-refractivity contribution in [3.8, 4) is 0 Å². The summed E-state index contributed by atoms with van der Waals surface area (Å²) < 4.78 is 10.8. The third kappa shape index (κ3) is 3.18. The Kier molecular flexibility index (Phi) is 3.81. The van der Waals surface area contributed by atoms with Gasteiger partial charge in [0, 0.05) is 17.3 Å². The van der Waals surface area contributed by atoms with Gasteiger partial charge in [-0.3, -0.25) is 9.59 Å². The average Bonchev–Trinajstić information content (AvgIpc) is 3.02. The van der Waals surface area contributed by atoms with Gasteiger partial charge < -0.3 is 19.8 Å². The Morgan fingerprint density at radius 2 is 1.90 bits per heavy atom. The molecule has 1 saturated heterocycles. The summed E-state index contributed by atoms with van der Waals surface area (Å²) >= 11 is 0. The number of nitrogens with one attached hydrogen (secondary N) is 2. The molecule has 2 aromatic rings. The molecular formula is C15H14N2O4. The fourth-order valence-electron chi connectivity index (χ4n) is 2.09. The van der Waals surface area contributed by atoms with Gasteiger partial charge in [-0.2, -0.15) is 0 Å². The molecule has 1 aromatic carbocycles. The van der Waals surface area contributed by atoms with Crippen molar-refractivity contribution < 1.29 is 14.3 Å². The molecule has 6 heteroatoms. The Balaban J connectivity index is 1.77. The highest BCUT2D eigenvalue weighted by Gasteiger charge is 2.18. The molecule has 1 aliphatic rings. The van der Waals surface area contributed by atoms with Gasteiger partial charge in [-0.1, -0.05) is 18.2 Å². The minimum absolute atomic E-state index is 0.210. The molecule has 0 spiro atoms. The van der Waals surface area contributed by atoms with Gasteiger partial charge in [0.2, 0.25) is 5.56 Å². The van der Waals surface area contributed by atoms with Crippen LogP contribution < -0.4 is 10.9 Å². The fraction of sp³-hybridized carbons (Fsp3) is 0.200. The van der Waals surface area contributed by atoms with Crippen molar-refractivity contribution in [3.63, 3.8) is 0 Å². The second-order valence-electron chi connectivity index (χ2n) is 4.58. The number of benzene rings is 1. The summed E-state index contributed by atoms with van der Waals surface area (Å²) in [5.41, 5.74) is 1.35.